The molecular formula is C10H7BrClFN4O. The Morgan fingerprint density at radius 1 is 1.44 bits per heavy atom. The predicted octanol–water partition coefficient (Wildman–Crippen LogP) is 3.11. The van der Waals surface area contributed by atoms with E-state index in [2.05, 4.69) is 31.3 Å². The number of nitrogens with one attached hydrogen (secondary N) is 1. The van der Waals surface area contributed by atoms with Crippen LogP contribution in [0.3, 0.4) is 0 Å². The zero-order chi connectivity index (χ0) is 13.1. The molecule has 0 atom stereocenters. The molecule has 5 nitrogen and oxygen atoms in total. The average molecular weight is 334 g/mol. The first-order chi connectivity index (χ1) is 8.60. The van der Waals surface area contributed by atoms with Gasteiger partial charge in [-0.25, -0.2) is 15.2 Å². The van der Waals surface area contributed by atoms with Crippen LogP contribution in [0.4, 0.5) is 10.3 Å². The van der Waals surface area contributed by atoms with Gasteiger partial charge in [-0.1, -0.05) is 11.6 Å². The molecule has 1 aromatic heterocycles. The summed E-state index contributed by atoms with van der Waals surface area (Å²) < 4.78 is 19.1. The van der Waals surface area contributed by atoms with E-state index in [9.17, 15) is 4.39 Å². The smallest absolute Gasteiger partial charge is 0.243 e. The molecule has 18 heavy (non-hydrogen) atoms. The zero-order valence-electron chi connectivity index (χ0n) is 8.82. The fourth-order valence-corrected chi connectivity index (χ4v) is 1.61. The zero-order valence-corrected chi connectivity index (χ0v) is 11.2. The molecule has 8 heteroatoms. The Morgan fingerprint density at radius 2 is 2.22 bits per heavy atom. The van der Waals surface area contributed by atoms with E-state index in [-0.39, 0.29) is 22.6 Å². The minimum Gasteiger partial charge on any atom is -0.436 e. The summed E-state index contributed by atoms with van der Waals surface area (Å²) in [5, 5.41) is 0.185. The van der Waals surface area contributed by atoms with E-state index in [4.69, 9.17) is 22.2 Å². The molecule has 0 aliphatic heterocycles. The molecule has 0 bridgehead atoms. The van der Waals surface area contributed by atoms with Gasteiger partial charge in [-0.15, -0.1) is 0 Å². The summed E-state index contributed by atoms with van der Waals surface area (Å²) in [5.74, 6) is 5.20. The second-order valence-electron chi connectivity index (χ2n) is 3.17. The molecule has 1 heterocycles. The highest BCUT2D eigenvalue weighted by Gasteiger charge is 2.10. The standard InChI is InChI=1S/C10H7BrClFN4O/c11-6-2-1-5(13)3-8(6)18-9-7(12)4-15-10(16-9)17-14/h1-4H,14H2,(H,15,16,17). The summed E-state index contributed by atoms with van der Waals surface area (Å²) in [6.07, 6.45) is 1.33. The second kappa shape index (κ2) is 5.47. The van der Waals surface area contributed by atoms with Gasteiger partial charge in [0.2, 0.25) is 11.8 Å². The fourth-order valence-electron chi connectivity index (χ4n) is 1.15. The topological polar surface area (TPSA) is 73.1 Å². The molecule has 94 valence electrons. The lowest BCUT2D eigenvalue weighted by atomic mass is 10.3. The second-order valence-corrected chi connectivity index (χ2v) is 4.43. The van der Waals surface area contributed by atoms with Crippen molar-refractivity contribution in [2.45, 2.75) is 0 Å². The third kappa shape index (κ3) is 2.87. The van der Waals surface area contributed by atoms with Crippen molar-refractivity contribution >= 4 is 33.5 Å². The molecule has 0 saturated carbocycles. The molecule has 0 spiro atoms. The summed E-state index contributed by atoms with van der Waals surface area (Å²) in [6.45, 7) is 0. The summed E-state index contributed by atoms with van der Waals surface area (Å²) in [7, 11) is 0. The maximum atomic E-state index is 13.1. The van der Waals surface area contributed by atoms with Crippen LogP contribution in [0.25, 0.3) is 0 Å². The SMILES string of the molecule is NNc1ncc(Cl)c(Oc2cc(F)ccc2Br)n1. The van der Waals surface area contributed by atoms with Crippen molar-refractivity contribution in [2.24, 2.45) is 5.84 Å². The van der Waals surface area contributed by atoms with Gasteiger partial charge < -0.3 is 4.74 Å². The molecule has 0 unspecified atom stereocenters. The van der Waals surface area contributed by atoms with Gasteiger partial charge in [-0.2, -0.15) is 4.98 Å². The molecule has 0 amide bonds. The van der Waals surface area contributed by atoms with Crippen LogP contribution in [0.5, 0.6) is 11.6 Å². The average Bonchev–Trinajstić information content (AvgIpc) is 2.36. The molecule has 0 radical (unpaired) electrons. The maximum Gasteiger partial charge on any atom is 0.243 e. The van der Waals surface area contributed by atoms with E-state index in [1.54, 1.807) is 0 Å². The normalized spacial score (nSPS) is 10.2. The molecule has 0 aliphatic rings. The van der Waals surface area contributed by atoms with Crippen LogP contribution in [0.15, 0.2) is 28.9 Å². The summed E-state index contributed by atoms with van der Waals surface area (Å²) in [4.78, 5) is 7.71. The first-order valence-electron chi connectivity index (χ1n) is 4.72. The van der Waals surface area contributed by atoms with Gasteiger partial charge in [0.1, 0.15) is 16.6 Å². The highest BCUT2D eigenvalue weighted by atomic mass is 79.9. The van der Waals surface area contributed by atoms with Gasteiger partial charge in [-0.3, -0.25) is 5.43 Å². The number of ether oxygens (including phenoxy) is 1. The Morgan fingerprint density at radius 3 is 2.94 bits per heavy atom. The number of aromatic nitrogens is 2. The number of rotatable bonds is 3. The molecule has 3 N–H and O–H groups in total. The molecule has 0 aliphatic carbocycles. The first kappa shape index (κ1) is 13.0. The summed E-state index contributed by atoms with van der Waals surface area (Å²) in [5.41, 5.74) is 2.26. The van der Waals surface area contributed by atoms with Gasteiger partial charge in [0.25, 0.3) is 0 Å². The van der Waals surface area contributed by atoms with Gasteiger partial charge in [0.15, 0.2) is 0 Å². The highest BCUT2D eigenvalue weighted by Crippen LogP contribution is 2.32. The lowest BCUT2D eigenvalue weighted by Gasteiger charge is -2.09. The number of nitrogens with two attached hydrogens (primary N) is 1. The number of hydrogen-bond donors (Lipinski definition) is 2. The quantitative estimate of drug-likeness (QED) is 0.667. The molecule has 2 aromatic rings. The van der Waals surface area contributed by atoms with Crippen LogP contribution in [0, 0.1) is 5.82 Å². The van der Waals surface area contributed by atoms with E-state index < -0.39 is 5.82 Å². The van der Waals surface area contributed by atoms with Crippen LogP contribution in [-0.2, 0) is 0 Å². The number of nitrogens with zero attached hydrogens (tertiary/aromatic N) is 2. The Balaban J connectivity index is 2.36. The minimum absolute atomic E-state index is 0.0749. The van der Waals surface area contributed by atoms with Crippen molar-refractivity contribution in [1.82, 2.24) is 9.97 Å². The van der Waals surface area contributed by atoms with Crippen LogP contribution in [0.2, 0.25) is 5.02 Å². The summed E-state index contributed by atoms with van der Waals surface area (Å²) >= 11 is 9.10. The van der Waals surface area contributed by atoms with Crippen LogP contribution >= 0.6 is 27.5 Å². The number of halogens is 3. The van der Waals surface area contributed by atoms with Crippen molar-refractivity contribution in [3.63, 3.8) is 0 Å². The van der Waals surface area contributed by atoms with E-state index in [0.29, 0.717) is 4.47 Å². The fraction of sp³-hybridized carbons (Fsp3) is 0. The Hall–Kier alpha value is -1.44. The number of hydrogen-bond acceptors (Lipinski definition) is 5. The van der Waals surface area contributed by atoms with Crippen molar-refractivity contribution in [3.8, 4) is 11.6 Å². The Kier molecular flexibility index (Phi) is 3.95. The van der Waals surface area contributed by atoms with Gasteiger partial charge in [0, 0.05) is 6.07 Å². The Labute approximate surface area is 115 Å². The van der Waals surface area contributed by atoms with Crippen molar-refractivity contribution < 1.29 is 9.13 Å². The van der Waals surface area contributed by atoms with Crippen LogP contribution in [-0.4, -0.2) is 9.97 Å². The molecule has 2 rings (SSSR count). The predicted molar refractivity (Wildman–Crippen MR) is 69.0 cm³/mol. The Bertz CT molecular complexity index is 584. The molecule has 0 saturated heterocycles. The number of nitrogen functional groups attached to an aromatic ring is 1. The third-order valence-electron chi connectivity index (χ3n) is 1.94. The van der Waals surface area contributed by atoms with E-state index in [1.807, 2.05) is 0 Å². The van der Waals surface area contributed by atoms with Gasteiger partial charge in [0.05, 0.1) is 10.7 Å². The van der Waals surface area contributed by atoms with Crippen LogP contribution in [0.1, 0.15) is 0 Å². The largest absolute Gasteiger partial charge is 0.436 e. The van der Waals surface area contributed by atoms with Crippen molar-refractivity contribution in [3.05, 3.63) is 39.7 Å². The monoisotopic (exact) mass is 332 g/mol. The van der Waals surface area contributed by atoms with Crippen molar-refractivity contribution in [1.29, 1.82) is 0 Å². The first-order valence-corrected chi connectivity index (χ1v) is 5.89. The van der Waals surface area contributed by atoms with Crippen molar-refractivity contribution in [2.75, 3.05) is 5.43 Å². The minimum atomic E-state index is -0.435. The molecule has 0 fully saturated rings. The number of benzene rings is 1. The maximum absolute atomic E-state index is 13.1. The van der Waals surface area contributed by atoms with E-state index in [1.165, 1.54) is 24.4 Å². The van der Waals surface area contributed by atoms with Crippen LogP contribution < -0.4 is 16.0 Å². The third-order valence-corrected chi connectivity index (χ3v) is 2.86. The molecule has 1 aromatic carbocycles. The number of anilines is 1. The van der Waals surface area contributed by atoms with E-state index in [0.717, 1.165) is 0 Å². The lowest BCUT2D eigenvalue weighted by molar-refractivity contribution is 0.455. The van der Waals surface area contributed by atoms with Gasteiger partial charge >= 0.3 is 0 Å². The highest BCUT2D eigenvalue weighted by molar-refractivity contribution is 9.10. The number of hydrazine groups is 1. The van der Waals surface area contributed by atoms with Gasteiger partial charge in [-0.05, 0) is 28.1 Å². The van der Waals surface area contributed by atoms with E-state index >= 15 is 0 Å². The lowest BCUT2D eigenvalue weighted by Crippen LogP contribution is -2.10. The summed E-state index contributed by atoms with van der Waals surface area (Å²) in [6, 6.07) is 4.02. The molecular weight excluding hydrogens is 326 g/mol.